The van der Waals surface area contributed by atoms with Crippen molar-refractivity contribution in [2.24, 2.45) is 22.9 Å². The van der Waals surface area contributed by atoms with Crippen LogP contribution in [0.1, 0.15) is 64.2 Å². The molecule has 0 bridgehead atoms. The van der Waals surface area contributed by atoms with Crippen LogP contribution in [0, 0.1) is 0 Å². The van der Waals surface area contributed by atoms with E-state index in [4.69, 9.17) is 32.4 Å². The standard InChI is InChI=1S/C20H47N5O2/c21-11-5-1-2-7-14-25-20(9-4-3-6-12-22)19(24)10-16-27-18-17-26-15-8-13-23/h19-20,25H,1-18,21-24H2. The van der Waals surface area contributed by atoms with E-state index in [9.17, 15) is 0 Å². The molecule has 0 fully saturated rings. The van der Waals surface area contributed by atoms with Gasteiger partial charge in [0.25, 0.3) is 0 Å². The Hall–Kier alpha value is -0.280. The van der Waals surface area contributed by atoms with Gasteiger partial charge in [-0.1, -0.05) is 25.7 Å². The molecule has 9 N–H and O–H groups in total. The van der Waals surface area contributed by atoms with Crippen LogP contribution in [0.3, 0.4) is 0 Å². The topological polar surface area (TPSA) is 135 Å². The summed E-state index contributed by atoms with van der Waals surface area (Å²) in [5.74, 6) is 0. The van der Waals surface area contributed by atoms with Crippen molar-refractivity contribution in [2.75, 3.05) is 52.6 Å². The number of hydrogen-bond acceptors (Lipinski definition) is 7. The van der Waals surface area contributed by atoms with E-state index in [1.54, 1.807) is 0 Å². The van der Waals surface area contributed by atoms with Gasteiger partial charge in [-0.15, -0.1) is 0 Å². The first-order chi connectivity index (χ1) is 13.3. The van der Waals surface area contributed by atoms with Gasteiger partial charge in [-0.3, -0.25) is 0 Å². The first kappa shape index (κ1) is 26.7. The quantitative estimate of drug-likeness (QED) is 0.175. The van der Waals surface area contributed by atoms with Crippen molar-refractivity contribution in [3.8, 4) is 0 Å². The summed E-state index contributed by atoms with van der Waals surface area (Å²) >= 11 is 0. The van der Waals surface area contributed by atoms with E-state index in [0.717, 1.165) is 51.7 Å². The first-order valence-electron chi connectivity index (χ1n) is 11.0. The molecule has 0 heterocycles. The minimum atomic E-state index is 0.116. The molecule has 2 atom stereocenters. The van der Waals surface area contributed by atoms with Gasteiger partial charge in [0.1, 0.15) is 0 Å². The van der Waals surface area contributed by atoms with Gasteiger partial charge in [0, 0.05) is 25.3 Å². The highest BCUT2D eigenvalue weighted by Gasteiger charge is 2.16. The molecule has 0 aromatic heterocycles. The molecule has 0 saturated heterocycles. The molecule has 0 aliphatic carbocycles. The number of rotatable bonds is 22. The molecular weight excluding hydrogens is 342 g/mol. The summed E-state index contributed by atoms with van der Waals surface area (Å²) < 4.78 is 11.1. The van der Waals surface area contributed by atoms with Crippen molar-refractivity contribution in [2.45, 2.75) is 76.3 Å². The van der Waals surface area contributed by atoms with Crippen molar-refractivity contribution in [1.82, 2.24) is 5.32 Å². The van der Waals surface area contributed by atoms with Crippen LogP contribution in [-0.4, -0.2) is 64.7 Å². The third-order valence-corrected chi connectivity index (χ3v) is 4.73. The van der Waals surface area contributed by atoms with Crippen LogP contribution >= 0.6 is 0 Å². The SMILES string of the molecule is NCCCCCCNC(CCCCCN)C(N)CCOCCOCCCN. The van der Waals surface area contributed by atoms with Gasteiger partial charge in [-0.2, -0.15) is 0 Å². The average molecular weight is 390 g/mol. The number of hydrogen-bond donors (Lipinski definition) is 5. The van der Waals surface area contributed by atoms with Gasteiger partial charge < -0.3 is 37.7 Å². The highest BCUT2D eigenvalue weighted by atomic mass is 16.5. The smallest absolute Gasteiger partial charge is 0.0700 e. The van der Waals surface area contributed by atoms with E-state index in [1.165, 1.54) is 32.1 Å². The van der Waals surface area contributed by atoms with E-state index in [0.29, 0.717) is 39.0 Å². The van der Waals surface area contributed by atoms with Crippen LogP contribution in [-0.2, 0) is 9.47 Å². The maximum atomic E-state index is 6.45. The molecule has 7 nitrogen and oxygen atoms in total. The van der Waals surface area contributed by atoms with Crippen molar-refractivity contribution < 1.29 is 9.47 Å². The maximum absolute atomic E-state index is 6.45. The van der Waals surface area contributed by atoms with E-state index >= 15 is 0 Å². The summed E-state index contributed by atoms with van der Waals surface area (Å²) in [4.78, 5) is 0. The second-order valence-corrected chi connectivity index (χ2v) is 7.22. The minimum absolute atomic E-state index is 0.116. The fraction of sp³-hybridized carbons (Fsp3) is 1.00. The third kappa shape index (κ3) is 18.8. The Morgan fingerprint density at radius 2 is 1.19 bits per heavy atom. The second-order valence-electron chi connectivity index (χ2n) is 7.22. The predicted molar refractivity (Wildman–Crippen MR) is 115 cm³/mol. The lowest BCUT2D eigenvalue weighted by Gasteiger charge is -2.25. The molecule has 0 rings (SSSR count). The van der Waals surface area contributed by atoms with Crippen molar-refractivity contribution in [3.63, 3.8) is 0 Å². The van der Waals surface area contributed by atoms with Crippen LogP contribution in [0.4, 0.5) is 0 Å². The lowest BCUT2D eigenvalue weighted by atomic mass is 9.99. The molecule has 27 heavy (non-hydrogen) atoms. The van der Waals surface area contributed by atoms with Crippen LogP contribution < -0.4 is 28.3 Å². The second kappa shape index (κ2) is 22.0. The Morgan fingerprint density at radius 3 is 1.85 bits per heavy atom. The van der Waals surface area contributed by atoms with Gasteiger partial charge in [-0.25, -0.2) is 0 Å². The van der Waals surface area contributed by atoms with Crippen LogP contribution in [0.2, 0.25) is 0 Å². The Morgan fingerprint density at radius 1 is 0.593 bits per heavy atom. The molecule has 0 amide bonds. The Labute approximate surface area is 167 Å². The fourth-order valence-corrected chi connectivity index (χ4v) is 2.99. The molecule has 0 saturated carbocycles. The highest BCUT2D eigenvalue weighted by Crippen LogP contribution is 2.09. The predicted octanol–water partition coefficient (Wildman–Crippen LogP) is 1.08. The molecule has 0 aliphatic rings. The van der Waals surface area contributed by atoms with Gasteiger partial charge in [-0.05, 0) is 64.7 Å². The average Bonchev–Trinajstić information content (AvgIpc) is 2.68. The summed E-state index contributed by atoms with van der Waals surface area (Å²) in [7, 11) is 0. The van der Waals surface area contributed by atoms with Gasteiger partial charge in [0.05, 0.1) is 13.2 Å². The van der Waals surface area contributed by atoms with Crippen molar-refractivity contribution >= 4 is 0 Å². The van der Waals surface area contributed by atoms with E-state index < -0.39 is 0 Å². The largest absolute Gasteiger partial charge is 0.379 e. The summed E-state index contributed by atoms with van der Waals surface area (Å²) in [5.41, 5.74) is 23.0. The zero-order valence-corrected chi connectivity index (χ0v) is 17.5. The first-order valence-corrected chi connectivity index (χ1v) is 11.0. The molecular formula is C20H47N5O2. The van der Waals surface area contributed by atoms with Gasteiger partial charge in [0.15, 0.2) is 0 Å². The molecule has 0 aliphatic heterocycles. The zero-order valence-electron chi connectivity index (χ0n) is 17.5. The number of unbranched alkanes of at least 4 members (excludes halogenated alkanes) is 5. The number of nitrogens with two attached hydrogens (primary N) is 4. The molecule has 2 unspecified atom stereocenters. The molecule has 7 heteroatoms. The highest BCUT2D eigenvalue weighted by molar-refractivity contribution is 4.79. The number of nitrogens with one attached hydrogen (secondary N) is 1. The minimum Gasteiger partial charge on any atom is -0.379 e. The fourth-order valence-electron chi connectivity index (χ4n) is 2.99. The molecule has 0 aromatic carbocycles. The Bertz CT molecular complexity index is 285. The Balaban J connectivity index is 3.91. The van der Waals surface area contributed by atoms with Gasteiger partial charge >= 0.3 is 0 Å². The van der Waals surface area contributed by atoms with Crippen molar-refractivity contribution in [3.05, 3.63) is 0 Å². The molecule has 164 valence electrons. The summed E-state index contributed by atoms with van der Waals surface area (Å²) in [6.45, 7) is 5.88. The molecule has 0 radical (unpaired) electrons. The summed E-state index contributed by atoms with van der Waals surface area (Å²) in [6.07, 6.45) is 11.1. The van der Waals surface area contributed by atoms with Crippen LogP contribution in [0.15, 0.2) is 0 Å². The normalized spacial score (nSPS) is 13.8. The van der Waals surface area contributed by atoms with Gasteiger partial charge in [0.2, 0.25) is 0 Å². The lowest BCUT2D eigenvalue weighted by molar-refractivity contribution is 0.0439. The lowest BCUT2D eigenvalue weighted by Crippen LogP contribution is -2.46. The Kier molecular flexibility index (Phi) is 21.8. The maximum Gasteiger partial charge on any atom is 0.0700 e. The van der Waals surface area contributed by atoms with E-state index in [2.05, 4.69) is 5.32 Å². The van der Waals surface area contributed by atoms with E-state index in [-0.39, 0.29) is 6.04 Å². The van der Waals surface area contributed by atoms with Crippen LogP contribution in [0.25, 0.3) is 0 Å². The third-order valence-electron chi connectivity index (χ3n) is 4.73. The number of ether oxygens (including phenoxy) is 2. The molecule has 0 aromatic rings. The molecule has 0 spiro atoms. The zero-order chi connectivity index (χ0) is 20.0. The monoisotopic (exact) mass is 389 g/mol. The summed E-state index contributed by atoms with van der Waals surface area (Å²) in [5, 5.41) is 3.67. The van der Waals surface area contributed by atoms with Crippen LogP contribution in [0.5, 0.6) is 0 Å². The van der Waals surface area contributed by atoms with Crippen molar-refractivity contribution in [1.29, 1.82) is 0 Å². The van der Waals surface area contributed by atoms with E-state index in [1.807, 2.05) is 0 Å². The summed E-state index contributed by atoms with van der Waals surface area (Å²) in [6, 6.07) is 0.465.